The second kappa shape index (κ2) is 10.3. The molecule has 0 spiro atoms. The van der Waals surface area contributed by atoms with Crippen LogP contribution in [0.4, 0.5) is 10.5 Å². The Morgan fingerprint density at radius 2 is 1.97 bits per heavy atom. The van der Waals surface area contributed by atoms with Crippen LogP contribution in [-0.2, 0) is 9.59 Å². The van der Waals surface area contributed by atoms with Gasteiger partial charge in [0.15, 0.2) is 11.5 Å². The van der Waals surface area contributed by atoms with Crippen molar-refractivity contribution in [3.05, 3.63) is 69.4 Å². The number of carbonyl (C=O) groups excluding carboxylic acids is 3. The lowest BCUT2D eigenvalue weighted by Gasteiger charge is -2.13. The van der Waals surface area contributed by atoms with Crippen molar-refractivity contribution >= 4 is 52.2 Å². The third-order valence-electron chi connectivity index (χ3n) is 4.51. The van der Waals surface area contributed by atoms with E-state index in [1.807, 2.05) is 19.1 Å². The van der Waals surface area contributed by atoms with E-state index in [4.69, 9.17) is 9.47 Å². The first-order valence-corrected chi connectivity index (χ1v) is 10.7. The molecule has 8 nitrogen and oxygen atoms in total. The summed E-state index contributed by atoms with van der Waals surface area (Å²) < 4.78 is 11.8. The molecule has 9 heteroatoms. The Labute approximate surface area is 199 Å². The summed E-state index contributed by atoms with van der Waals surface area (Å²) in [6.07, 6.45) is 3.15. The third-order valence-corrected chi connectivity index (χ3v) is 5.31. The number of rotatable bonds is 8. The molecule has 1 heterocycles. The van der Waals surface area contributed by atoms with Gasteiger partial charge in [0.25, 0.3) is 5.91 Å². The Morgan fingerprint density at radius 3 is 2.62 bits per heavy atom. The van der Waals surface area contributed by atoms with Crippen molar-refractivity contribution in [2.45, 2.75) is 6.92 Å². The third kappa shape index (κ3) is 5.47. The van der Waals surface area contributed by atoms with Gasteiger partial charge in [-0.3, -0.25) is 9.59 Å². The van der Waals surface area contributed by atoms with Crippen LogP contribution in [0.15, 0.2) is 54.8 Å². The van der Waals surface area contributed by atoms with Crippen LogP contribution in [0.25, 0.3) is 6.08 Å². The maximum Gasteiger partial charge on any atom is 0.329 e. The van der Waals surface area contributed by atoms with Gasteiger partial charge in [0.05, 0.1) is 10.7 Å². The van der Waals surface area contributed by atoms with Gasteiger partial charge in [-0.15, -0.1) is 0 Å². The van der Waals surface area contributed by atoms with Crippen LogP contribution in [0.5, 0.6) is 11.5 Å². The molecule has 166 valence electrons. The molecule has 0 atom stereocenters. The minimum atomic E-state index is -0.659. The molecule has 0 bridgehead atoms. The zero-order chi connectivity index (χ0) is 23.3. The fourth-order valence-electron chi connectivity index (χ4n) is 2.97. The summed E-state index contributed by atoms with van der Waals surface area (Å²) in [5.74, 6) is -0.0170. The minimum Gasteiger partial charge on any atom is -0.493 e. The fourth-order valence-corrected chi connectivity index (χ4v) is 3.75. The van der Waals surface area contributed by atoms with Crippen molar-refractivity contribution in [2.24, 2.45) is 0 Å². The first-order chi connectivity index (χ1) is 15.3. The molecule has 0 radical (unpaired) electrons. The molecule has 1 aliphatic rings. The van der Waals surface area contributed by atoms with Crippen molar-refractivity contribution in [1.82, 2.24) is 10.2 Å². The summed E-state index contributed by atoms with van der Waals surface area (Å²) in [5.41, 5.74) is 2.34. The normalized spacial score (nSPS) is 14.3. The van der Waals surface area contributed by atoms with Gasteiger partial charge in [0.1, 0.15) is 18.8 Å². The number of methoxy groups -OCH3 is 1. The number of ether oxygens (including phenoxy) is 2. The predicted molar refractivity (Wildman–Crippen MR) is 129 cm³/mol. The molecule has 1 saturated heterocycles. The van der Waals surface area contributed by atoms with Crippen molar-refractivity contribution in [1.29, 1.82) is 0 Å². The van der Waals surface area contributed by atoms with E-state index in [9.17, 15) is 14.4 Å². The monoisotopic (exact) mass is 547 g/mol. The van der Waals surface area contributed by atoms with E-state index in [1.54, 1.807) is 30.3 Å². The number of carbonyl (C=O) groups is 3. The molecular weight excluding hydrogens is 525 g/mol. The van der Waals surface area contributed by atoms with Gasteiger partial charge in [0, 0.05) is 5.69 Å². The predicted octanol–water partition coefficient (Wildman–Crippen LogP) is 3.70. The maximum absolute atomic E-state index is 12.7. The molecule has 1 fully saturated rings. The van der Waals surface area contributed by atoms with Crippen LogP contribution in [-0.4, -0.2) is 43.0 Å². The second-order valence-electron chi connectivity index (χ2n) is 6.93. The largest absolute Gasteiger partial charge is 0.493 e. The number of anilines is 1. The Bertz CT molecular complexity index is 1100. The number of nitrogens with one attached hydrogen (secondary N) is 2. The first-order valence-electron chi connectivity index (χ1n) is 9.64. The van der Waals surface area contributed by atoms with E-state index in [0.717, 1.165) is 14.0 Å². The number of halogens is 1. The van der Waals surface area contributed by atoms with Gasteiger partial charge in [-0.05, 0) is 65.4 Å². The van der Waals surface area contributed by atoms with Crippen LogP contribution in [0.2, 0.25) is 0 Å². The molecule has 2 aromatic carbocycles. The summed E-state index contributed by atoms with van der Waals surface area (Å²) in [6, 6.07) is 10.0. The van der Waals surface area contributed by atoms with E-state index in [0.29, 0.717) is 29.4 Å². The van der Waals surface area contributed by atoms with Crippen LogP contribution >= 0.6 is 22.6 Å². The lowest BCUT2D eigenvalue weighted by atomic mass is 10.1. The number of nitrogens with zero attached hydrogens (tertiary/aromatic N) is 1. The number of benzene rings is 2. The van der Waals surface area contributed by atoms with E-state index < -0.39 is 24.4 Å². The lowest BCUT2D eigenvalue weighted by molar-refractivity contribution is -0.127. The number of hydrogen-bond donors (Lipinski definition) is 2. The molecule has 0 unspecified atom stereocenters. The topological polar surface area (TPSA) is 97.0 Å². The average Bonchev–Trinajstić information content (AvgIpc) is 3.01. The number of amides is 4. The smallest absolute Gasteiger partial charge is 0.329 e. The fraction of sp³-hybridized carbons (Fsp3) is 0.174. The van der Waals surface area contributed by atoms with E-state index in [1.165, 1.54) is 13.2 Å². The number of urea groups is 1. The Balaban J connectivity index is 1.74. The van der Waals surface area contributed by atoms with E-state index >= 15 is 0 Å². The van der Waals surface area contributed by atoms with Gasteiger partial charge < -0.3 is 20.1 Å². The Hall–Kier alpha value is -3.34. The molecule has 0 saturated carbocycles. The highest BCUT2D eigenvalue weighted by molar-refractivity contribution is 14.1. The average molecular weight is 547 g/mol. The maximum atomic E-state index is 12.7. The van der Waals surface area contributed by atoms with Gasteiger partial charge >= 0.3 is 6.03 Å². The molecule has 3 rings (SSSR count). The van der Waals surface area contributed by atoms with Crippen LogP contribution in [0, 0.1) is 10.5 Å². The highest BCUT2D eigenvalue weighted by Gasteiger charge is 2.35. The van der Waals surface area contributed by atoms with Crippen LogP contribution < -0.4 is 20.1 Å². The van der Waals surface area contributed by atoms with Gasteiger partial charge in [-0.25, -0.2) is 9.69 Å². The molecular formula is C23H22IN3O5. The van der Waals surface area contributed by atoms with E-state index in [2.05, 4.69) is 39.8 Å². The highest BCUT2D eigenvalue weighted by atomic mass is 127. The van der Waals surface area contributed by atoms with Gasteiger partial charge in [0.2, 0.25) is 5.91 Å². The standard InChI is InChI=1S/C23H22IN3O5/c1-4-9-32-21-17(24)10-15(12-19(21)31-3)11-18-22(29)27(23(30)26-18)13-20(28)25-16-7-5-14(2)6-8-16/h4-8,10-12H,1,9,13H2,2-3H3,(H,25,28)(H,26,30)/b18-11-. The lowest BCUT2D eigenvalue weighted by Crippen LogP contribution is -2.38. The molecule has 32 heavy (non-hydrogen) atoms. The van der Waals surface area contributed by atoms with Gasteiger partial charge in [-0.2, -0.15) is 0 Å². The van der Waals surface area contributed by atoms with Crippen molar-refractivity contribution < 1.29 is 23.9 Å². The Kier molecular flexibility index (Phi) is 7.52. The number of aryl methyl sites for hydroxylation is 1. The highest BCUT2D eigenvalue weighted by Crippen LogP contribution is 2.34. The van der Waals surface area contributed by atoms with Crippen molar-refractivity contribution in [3.63, 3.8) is 0 Å². The summed E-state index contributed by atoms with van der Waals surface area (Å²) in [4.78, 5) is 38.2. The summed E-state index contributed by atoms with van der Waals surface area (Å²) in [7, 11) is 1.51. The summed E-state index contributed by atoms with van der Waals surface area (Å²) in [6.45, 7) is 5.49. The SMILES string of the molecule is C=CCOc1c(I)cc(/C=C2\NC(=O)N(CC(=O)Nc3ccc(C)cc3)C2=O)cc1OC. The number of hydrogen-bond acceptors (Lipinski definition) is 5. The van der Waals surface area contributed by atoms with Crippen molar-refractivity contribution in [2.75, 3.05) is 25.6 Å². The molecule has 2 N–H and O–H groups in total. The summed E-state index contributed by atoms with van der Waals surface area (Å²) in [5, 5.41) is 5.19. The van der Waals surface area contributed by atoms with Gasteiger partial charge in [-0.1, -0.05) is 30.4 Å². The zero-order valence-corrected chi connectivity index (χ0v) is 19.8. The zero-order valence-electron chi connectivity index (χ0n) is 17.6. The van der Waals surface area contributed by atoms with Crippen LogP contribution in [0.3, 0.4) is 0 Å². The quantitative estimate of drug-likeness (QED) is 0.228. The van der Waals surface area contributed by atoms with Crippen LogP contribution in [0.1, 0.15) is 11.1 Å². The molecule has 4 amide bonds. The first kappa shape index (κ1) is 23.3. The molecule has 0 aromatic heterocycles. The number of imide groups is 1. The summed E-state index contributed by atoms with van der Waals surface area (Å²) >= 11 is 2.10. The molecule has 1 aliphatic heterocycles. The molecule has 0 aliphatic carbocycles. The van der Waals surface area contributed by atoms with E-state index in [-0.39, 0.29) is 5.70 Å². The Morgan fingerprint density at radius 1 is 1.25 bits per heavy atom. The minimum absolute atomic E-state index is 0.0655. The second-order valence-corrected chi connectivity index (χ2v) is 8.09. The van der Waals surface area contributed by atoms with Crippen molar-refractivity contribution in [3.8, 4) is 11.5 Å². The molecule has 2 aromatic rings.